The Balaban J connectivity index is 2.75. The normalized spacial score (nSPS) is 12.5. The predicted octanol–water partition coefficient (Wildman–Crippen LogP) is 2.80. The molecule has 0 N–H and O–H groups in total. The molecular weight excluding hydrogens is 239 g/mol. The number of hydrogen-bond acceptors (Lipinski definition) is 1. The quantitative estimate of drug-likeness (QED) is 0.593. The van der Waals surface area contributed by atoms with Gasteiger partial charge in [-0.3, -0.25) is 0 Å². The fourth-order valence-electron chi connectivity index (χ4n) is 0.922. The topological polar surface area (TPSA) is 17.1 Å². The molecule has 0 aromatic heterocycles. The summed E-state index contributed by atoms with van der Waals surface area (Å²) in [7, 11) is 0. The summed E-state index contributed by atoms with van der Waals surface area (Å²) in [6.07, 6.45) is 1.33. The molecule has 0 aliphatic rings. The Morgan fingerprint density at radius 2 is 2.17 bits per heavy atom. The van der Waals surface area contributed by atoms with Gasteiger partial charge in [-0.2, -0.15) is 0 Å². The first-order valence-electron chi connectivity index (χ1n) is 3.57. The number of halogens is 2. The third-order valence-electron chi connectivity index (χ3n) is 1.52. The molecule has 0 heterocycles. The van der Waals surface area contributed by atoms with Crippen LogP contribution in [0.15, 0.2) is 28.7 Å². The van der Waals surface area contributed by atoms with Gasteiger partial charge in [0.1, 0.15) is 6.29 Å². The van der Waals surface area contributed by atoms with Crippen LogP contribution in [0, 0.1) is 0 Å². The van der Waals surface area contributed by atoms with Crippen LogP contribution in [0.1, 0.15) is 5.56 Å². The molecule has 0 saturated carbocycles. The Kier molecular flexibility index (Phi) is 3.76. The number of carbonyl (C=O) groups excluding carboxylic acids is 1. The molecule has 0 aliphatic heterocycles. The van der Waals surface area contributed by atoms with E-state index >= 15 is 0 Å². The highest BCUT2D eigenvalue weighted by atomic mass is 79.9. The van der Waals surface area contributed by atoms with Crippen molar-refractivity contribution in [2.24, 2.45) is 0 Å². The minimum atomic E-state index is -0.427. The molecule has 0 aliphatic carbocycles. The molecule has 1 nitrogen and oxygen atoms in total. The van der Waals surface area contributed by atoms with Gasteiger partial charge in [0, 0.05) is 4.47 Å². The van der Waals surface area contributed by atoms with E-state index in [1.165, 1.54) is 0 Å². The Hall–Kier alpha value is -0.340. The number of aldehydes is 1. The van der Waals surface area contributed by atoms with Gasteiger partial charge in [-0.25, -0.2) is 0 Å². The zero-order valence-electron chi connectivity index (χ0n) is 6.34. The molecule has 0 fully saturated rings. The highest BCUT2D eigenvalue weighted by Gasteiger charge is 2.05. The van der Waals surface area contributed by atoms with E-state index in [0.717, 1.165) is 16.3 Å². The monoisotopic (exact) mass is 246 g/mol. The molecular formula is C9H8BrClO. The van der Waals surface area contributed by atoms with Crippen molar-refractivity contribution in [2.45, 2.75) is 11.8 Å². The van der Waals surface area contributed by atoms with E-state index in [0.29, 0.717) is 6.42 Å². The van der Waals surface area contributed by atoms with Crippen LogP contribution in [0.25, 0.3) is 0 Å². The molecule has 3 heteroatoms. The molecule has 1 unspecified atom stereocenters. The number of benzene rings is 1. The van der Waals surface area contributed by atoms with Gasteiger partial charge in [0.05, 0.1) is 5.38 Å². The van der Waals surface area contributed by atoms with Crippen LogP contribution in [0.3, 0.4) is 0 Å². The summed E-state index contributed by atoms with van der Waals surface area (Å²) in [5, 5.41) is -0.427. The average Bonchev–Trinajstić information content (AvgIpc) is 2.09. The molecule has 0 bridgehead atoms. The van der Waals surface area contributed by atoms with Gasteiger partial charge in [-0.1, -0.05) is 34.1 Å². The van der Waals surface area contributed by atoms with E-state index in [4.69, 9.17) is 11.6 Å². The summed E-state index contributed by atoms with van der Waals surface area (Å²) in [6.45, 7) is 0. The van der Waals surface area contributed by atoms with Gasteiger partial charge in [0.2, 0.25) is 0 Å². The van der Waals surface area contributed by atoms with Crippen LogP contribution in [-0.4, -0.2) is 11.7 Å². The molecule has 12 heavy (non-hydrogen) atoms. The van der Waals surface area contributed by atoms with Crippen molar-refractivity contribution in [3.63, 3.8) is 0 Å². The lowest BCUT2D eigenvalue weighted by atomic mass is 10.1. The first-order chi connectivity index (χ1) is 5.74. The maximum absolute atomic E-state index is 10.3. The smallest absolute Gasteiger partial charge is 0.138 e. The van der Waals surface area contributed by atoms with Crippen LogP contribution < -0.4 is 0 Å². The summed E-state index contributed by atoms with van der Waals surface area (Å²) in [4.78, 5) is 10.3. The zero-order valence-corrected chi connectivity index (χ0v) is 8.68. The Morgan fingerprint density at radius 3 is 2.75 bits per heavy atom. The van der Waals surface area contributed by atoms with Crippen molar-refractivity contribution in [3.05, 3.63) is 34.3 Å². The van der Waals surface area contributed by atoms with Crippen molar-refractivity contribution in [1.29, 1.82) is 0 Å². The standard InChI is InChI=1S/C9H8BrClO/c10-9-4-2-1-3-7(9)5-8(11)6-12/h1-4,6,8H,5H2. The first kappa shape index (κ1) is 9.75. The lowest BCUT2D eigenvalue weighted by molar-refractivity contribution is -0.107. The molecule has 64 valence electrons. The van der Waals surface area contributed by atoms with E-state index in [1.54, 1.807) is 0 Å². The van der Waals surface area contributed by atoms with Crippen LogP contribution >= 0.6 is 27.5 Å². The van der Waals surface area contributed by atoms with Crippen LogP contribution in [0.2, 0.25) is 0 Å². The van der Waals surface area contributed by atoms with Crippen molar-refractivity contribution >= 4 is 33.8 Å². The predicted molar refractivity (Wildman–Crippen MR) is 53.6 cm³/mol. The van der Waals surface area contributed by atoms with Crippen molar-refractivity contribution in [1.82, 2.24) is 0 Å². The van der Waals surface area contributed by atoms with E-state index in [9.17, 15) is 4.79 Å². The van der Waals surface area contributed by atoms with Gasteiger partial charge in [0.15, 0.2) is 0 Å². The molecule has 1 atom stereocenters. The summed E-state index contributed by atoms with van der Waals surface area (Å²) in [6, 6.07) is 7.74. The van der Waals surface area contributed by atoms with Gasteiger partial charge in [0.25, 0.3) is 0 Å². The number of carbonyl (C=O) groups is 1. The molecule has 0 saturated heterocycles. The van der Waals surface area contributed by atoms with E-state index in [2.05, 4.69) is 15.9 Å². The second kappa shape index (κ2) is 4.63. The SMILES string of the molecule is O=CC(Cl)Cc1ccccc1Br. The summed E-state index contributed by atoms with van der Waals surface area (Å²) >= 11 is 9.06. The number of alkyl halides is 1. The van der Waals surface area contributed by atoms with E-state index in [-0.39, 0.29) is 0 Å². The molecule has 0 spiro atoms. The lowest BCUT2D eigenvalue weighted by Crippen LogP contribution is -2.04. The summed E-state index contributed by atoms with van der Waals surface area (Å²) < 4.78 is 0.998. The second-order valence-corrected chi connectivity index (χ2v) is 3.86. The highest BCUT2D eigenvalue weighted by Crippen LogP contribution is 2.18. The van der Waals surface area contributed by atoms with Crippen molar-refractivity contribution in [2.75, 3.05) is 0 Å². The maximum atomic E-state index is 10.3. The molecule has 0 amide bonds. The minimum Gasteiger partial charge on any atom is -0.302 e. The summed E-state index contributed by atoms with van der Waals surface area (Å²) in [5.74, 6) is 0. The number of rotatable bonds is 3. The van der Waals surface area contributed by atoms with Crippen LogP contribution in [-0.2, 0) is 11.2 Å². The minimum absolute atomic E-state index is 0.427. The van der Waals surface area contributed by atoms with Gasteiger partial charge in [-0.05, 0) is 18.1 Å². The highest BCUT2D eigenvalue weighted by molar-refractivity contribution is 9.10. The first-order valence-corrected chi connectivity index (χ1v) is 4.79. The van der Waals surface area contributed by atoms with E-state index in [1.807, 2.05) is 24.3 Å². The van der Waals surface area contributed by atoms with Crippen molar-refractivity contribution < 1.29 is 4.79 Å². The third kappa shape index (κ3) is 2.61. The molecule has 1 aromatic rings. The van der Waals surface area contributed by atoms with Gasteiger partial charge in [-0.15, -0.1) is 11.6 Å². The zero-order chi connectivity index (χ0) is 8.97. The Labute approximate surface area is 84.9 Å². The summed E-state index contributed by atoms with van der Waals surface area (Å²) in [5.41, 5.74) is 1.06. The molecule has 1 rings (SSSR count). The third-order valence-corrected chi connectivity index (χ3v) is 2.55. The van der Waals surface area contributed by atoms with Gasteiger partial charge >= 0.3 is 0 Å². The van der Waals surface area contributed by atoms with Crippen LogP contribution in [0.4, 0.5) is 0 Å². The average molecular weight is 248 g/mol. The maximum Gasteiger partial charge on any atom is 0.138 e. The number of hydrogen-bond donors (Lipinski definition) is 0. The van der Waals surface area contributed by atoms with Gasteiger partial charge < -0.3 is 4.79 Å². The lowest BCUT2D eigenvalue weighted by Gasteiger charge is -2.03. The van der Waals surface area contributed by atoms with E-state index < -0.39 is 5.38 Å². The molecule has 0 radical (unpaired) electrons. The largest absolute Gasteiger partial charge is 0.302 e. The van der Waals surface area contributed by atoms with Crippen LogP contribution in [0.5, 0.6) is 0 Å². The Bertz CT molecular complexity index is 275. The van der Waals surface area contributed by atoms with Crippen molar-refractivity contribution in [3.8, 4) is 0 Å². The fraction of sp³-hybridized carbons (Fsp3) is 0.222. The Morgan fingerprint density at radius 1 is 1.50 bits per heavy atom. The fourth-order valence-corrected chi connectivity index (χ4v) is 1.54. The molecule has 1 aromatic carbocycles. The second-order valence-electron chi connectivity index (χ2n) is 2.45.